The lowest BCUT2D eigenvalue weighted by atomic mass is 10.3. The van der Waals surface area contributed by atoms with Crippen LogP contribution in [0.3, 0.4) is 0 Å². The predicted molar refractivity (Wildman–Crippen MR) is 67.0 cm³/mol. The second-order valence-electron chi connectivity index (χ2n) is 4.46. The van der Waals surface area contributed by atoms with Gasteiger partial charge in [0.1, 0.15) is 0 Å². The van der Waals surface area contributed by atoms with E-state index in [0.717, 1.165) is 25.4 Å². The fraction of sp³-hybridized carbons (Fsp3) is 0.750. The zero-order chi connectivity index (χ0) is 11.4. The molecule has 2 rings (SSSR count). The Morgan fingerprint density at radius 3 is 3.12 bits per heavy atom. The minimum atomic E-state index is 0.267. The van der Waals surface area contributed by atoms with Crippen molar-refractivity contribution in [3.05, 3.63) is 16.1 Å². The first-order valence-electron chi connectivity index (χ1n) is 5.97. The van der Waals surface area contributed by atoms with Crippen molar-refractivity contribution in [3.8, 4) is 0 Å². The van der Waals surface area contributed by atoms with E-state index in [1.54, 1.807) is 18.4 Å². The van der Waals surface area contributed by atoms with Crippen molar-refractivity contribution in [1.82, 2.24) is 10.3 Å². The van der Waals surface area contributed by atoms with E-state index in [1.165, 1.54) is 23.5 Å². The summed E-state index contributed by atoms with van der Waals surface area (Å²) in [5.41, 5.74) is 1.22. The summed E-state index contributed by atoms with van der Waals surface area (Å²) in [6.07, 6.45) is 4.95. The fourth-order valence-electron chi connectivity index (χ4n) is 1.58. The van der Waals surface area contributed by atoms with Crippen LogP contribution in [0.5, 0.6) is 0 Å². The molecule has 1 saturated carbocycles. The Kier molecular flexibility index (Phi) is 4.32. The van der Waals surface area contributed by atoms with Gasteiger partial charge in [0, 0.05) is 37.9 Å². The van der Waals surface area contributed by atoms with E-state index in [9.17, 15) is 0 Å². The van der Waals surface area contributed by atoms with Crippen molar-refractivity contribution in [2.45, 2.75) is 44.8 Å². The minimum Gasteiger partial charge on any atom is -0.381 e. The van der Waals surface area contributed by atoms with Crippen LogP contribution in [0.25, 0.3) is 0 Å². The highest BCUT2D eigenvalue weighted by molar-refractivity contribution is 7.09. The van der Waals surface area contributed by atoms with Crippen LogP contribution < -0.4 is 5.32 Å². The molecule has 0 radical (unpaired) electrons. The third-order valence-corrected chi connectivity index (χ3v) is 3.78. The molecule has 1 N–H and O–H groups in total. The van der Waals surface area contributed by atoms with Gasteiger partial charge in [0.05, 0.1) is 16.8 Å². The molecule has 1 aromatic heterocycles. The highest BCUT2D eigenvalue weighted by Gasteiger charge is 2.19. The van der Waals surface area contributed by atoms with Crippen LogP contribution in [-0.2, 0) is 17.6 Å². The maximum Gasteiger partial charge on any atom is 0.0954 e. The van der Waals surface area contributed by atoms with Gasteiger partial charge in [-0.3, -0.25) is 0 Å². The first kappa shape index (κ1) is 12.0. The Hall–Kier alpha value is -0.450. The number of hydrogen-bond donors (Lipinski definition) is 1. The molecule has 1 aliphatic carbocycles. The van der Waals surface area contributed by atoms with Crippen LogP contribution in [-0.4, -0.2) is 30.8 Å². The molecule has 16 heavy (non-hydrogen) atoms. The molecule has 0 spiro atoms. The van der Waals surface area contributed by atoms with E-state index in [-0.39, 0.29) is 6.10 Å². The van der Waals surface area contributed by atoms with Crippen LogP contribution in [0.4, 0.5) is 0 Å². The molecule has 0 bridgehead atoms. The smallest absolute Gasteiger partial charge is 0.0954 e. The lowest BCUT2D eigenvalue weighted by Crippen LogP contribution is -2.19. The third kappa shape index (κ3) is 3.85. The quantitative estimate of drug-likeness (QED) is 0.791. The molecule has 1 heterocycles. The summed E-state index contributed by atoms with van der Waals surface area (Å²) in [7, 11) is 1.75. The van der Waals surface area contributed by atoms with Crippen molar-refractivity contribution in [2.75, 3.05) is 13.7 Å². The molecule has 1 atom stereocenters. The van der Waals surface area contributed by atoms with Gasteiger partial charge < -0.3 is 10.1 Å². The van der Waals surface area contributed by atoms with Crippen LogP contribution in [0.15, 0.2) is 5.38 Å². The first-order valence-corrected chi connectivity index (χ1v) is 6.85. The lowest BCUT2D eigenvalue weighted by Gasteiger charge is -2.05. The number of aromatic nitrogens is 1. The summed E-state index contributed by atoms with van der Waals surface area (Å²) in [5, 5.41) is 6.87. The van der Waals surface area contributed by atoms with Crippen LogP contribution >= 0.6 is 11.3 Å². The molecule has 1 unspecified atom stereocenters. The minimum absolute atomic E-state index is 0.267. The molecule has 4 heteroatoms. The highest BCUT2D eigenvalue weighted by atomic mass is 32.1. The molecule has 1 aliphatic rings. The van der Waals surface area contributed by atoms with E-state index in [0.29, 0.717) is 0 Å². The number of ether oxygens (including phenoxy) is 1. The summed E-state index contributed by atoms with van der Waals surface area (Å²) in [4.78, 5) is 4.61. The van der Waals surface area contributed by atoms with Crippen molar-refractivity contribution < 1.29 is 4.74 Å². The Morgan fingerprint density at radius 2 is 2.44 bits per heavy atom. The molecular formula is C12H20N2OS. The SMILES string of the molecule is COC(C)Cc1nc(CCNC2CC2)cs1. The monoisotopic (exact) mass is 240 g/mol. The molecule has 0 aliphatic heterocycles. The van der Waals surface area contributed by atoms with Crippen LogP contribution in [0, 0.1) is 0 Å². The number of nitrogens with zero attached hydrogens (tertiary/aromatic N) is 1. The summed E-state index contributed by atoms with van der Waals surface area (Å²) in [5.74, 6) is 0. The maximum absolute atomic E-state index is 5.24. The molecule has 0 amide bonds. The van der Waals surface area contributed by atoms with Gasteiger partial charge >= 0.3 is 0 Å². The van der Waals surface area contributed by atoms with Gasteiger partial charge in [0.25, 0.3) is 0 Å². The fourth-order valence-corrected chi connectivity index (χ4v) is 2.52. The second kappa shape index (κ2) is 5.75. The summed E-state index contributed by atoms with van der Waals surface area (Å²) < 4.78 is 5.24. The topological polar surface area (TPSA) is 34.1 Å². The number of hydrogen-bond acceptors (Lipinski definition) is 4. The molecule has 0 aromatic carbocycles. The highest BCUT2D eigenvalue weighted by Crippen LogP contribution is 2.18. The van der Waals surface area contributed by atoms with Crippen molar-refractivity contribution in [2.24, 2.45) is 0 Å². The normalized spacial score (nSPS) is 17.6. The van der Waals surface area contributed by atoms with E-state index >= 15 is 0 Å². The van der Waals surface area contributed by atoms with Crippen molar-refractivity contribution in [3.63, 3.8) is 0 Å². The largest absolute Gasteiger partial charge is 0.381 e. The van der Waals surface area contributed by atoms with Crippen molar-refractivity contribution >= 4 is 11.3 Å². The maximum atomic E-state index is 5.24. The van der Waals surface area contributed by atoms with Gasteiger partial charge in [-0.15, -0.1) is 11.3 Å². The van der Waals surface area contributed by atoms with Gasteiger partial charge in [-0.1, -0.05) is 0 Å². The third-order valence-electron chi connectivity index (χ3n) is 2.86. The molecule has 1 aromatic rings. The van der Waals surface area contributed by atoms with Crippen LogP contribution in [0.1, 0.15) is 30.5 Å². The number of thiazole rings is 1. The zero-order valence-corrected chi connectivity index (χ0v) is 10.8. The molecule has 90 valence electrons. The average molecular weight is 240 g/mol. The summed E-state index contributed by atoms with van der Waals surface area (Å²) in [6.45, 7) is 3.14. The lowest BCUT2D eigenvalue weighted by molar-refractivity contribution is 0.118. The van der Waals surface area contributed by atoms with E-state index < -0.39 is 0 Å². The summed E-state index contributed by atoms with van der Waals surface area (Å²) >= 11 is 1.75. The van der Waals surface area contributed by atoms with Gasteiger partial charge in [0.15, 0.2) is 0 Å². The van der Waals surface area contributed by atoms with Gasteiger partial charge in [-0.2, -0.15) is 0 Å². The van der Waals surface area contributed by atoms with Gasteiger partial charge in [-0.05, 0) is 19.8 Å². The second-order valence-corrected chi connectivity index (χ2v) is 5.40. The molecule has 1 fully saturated rings. The van der Waals surface area contributed by atoms with E-state index in [2.05, 4.69) is 22.6 Å². The predicted octanol–water partition coefficient (Wildman–Crippen LogP) is 2.01. The van der Waals surface area contributed by atoms with E-state index in [1.807, 2.05) is 0 Å². The van der Waals surface area contributed by atoms with Gasteiger partial charge in [-0.25, -0.2) is 4.98 Å². The molecular weight excluding hydrogens is 220 g/mol. The first-order chi connectivity index (χ1) is 7.78. The summed E-state index contributed by atoms with van der Waals surface area (Å²) in [6, 6.07) is 0.798. The van der Waals surface area contributed by atoms with Gasteiger partial charge in [0.2, 0.25) is 0 Å². The molecule has 0 saturated heterocycles. The molecule has 3 nitrogen and oxygen atoms in total. The van der Waals surface area contributed by atoms with Crippen LogP contribution in [0.2, 0.25) is 0 Å². The number of methoxy groups -OCH3 is 1. The number of rotatable bonds is 7. The standard InChI is InChI=1S/C12H20N2OS/c1-9(15-2)7-12-14-11(8-16-12)5-6-13-10-3-4-10/h8-10,13H,3-7H2,1-2H3. The Labute approximate surface area is 101 Å². The Morgan fingerprint density at radius 1 is 1.62 bits per heavy atom. The number of nitrogens with one attached hydrogen (secondary N) is 1. The zero-order valence-electron chi connectivity index (χ0n) is 10.0. The average Bonchev–Trinajstić information content (AvgIpc) is 2.99. The van der Waals surface area contributed by atoms with E-state index in [4.69, 9.17) is 4.74 Å². The Bertz CT molecular complexity index is 323. The Balaban J connectivity index is 1.72. The van der Waals surface area contributed by atoms with Crippen molar-refractivity contribution in [1.29, 1.82) is 0 Å².